The number of halogens is 1. The predicted molar refractivity (Wildman–Crippen MR) is 68.1 cm³/mol. The summed E-state index contributed by atoms with van der Waals surface area (Å²) in [5, 5.41) is 9.28. The van der Waals surface area contributed by atoms with E-state index in [1.165, 1.54) is 19.2 Å². The topological polar surface area (TPSA) is 59.3 Å². The van der Waals surface area contributed by atoms with E-state index in [0.29, 0.717) is 5.52 Å². The van der Waals surface area contributed by atoms with Gasteiger partial charge in [0.25, 0.3) is 0 Å². The van der Waals surface area contributed by atoms with Crippen molar-refractivity contribution in [3.8, 4) is 0 Å². The fourth-order valence-corrected chi connectivity index (χ4v) is 2.38. The molecule has 0 aliphatic heterocycles. The second kappa shape index (κ2) is 3.91. The highest BCUT2D eigenvalue weighted by molar-refractivity contribution is 5.93. The van der Waals surface area contributed by atoms with Gasteiger partial charge in [-0.2, -0.15) is 0 Å². The number of aryl methyl sites for hydroxylation is 1. The molecule has 1 saturated carbocycles. The molecule has 0 amide bonds. The highest BCUT2D eigenvalue weighted by atomic mass is 19.1. The number of rotatable bonds is 2. The van der Waals surface area contributed by atoms with Crippen LogP contribution >= 0.6 is 0 Å². The SMILES string of the molecule is Cc1c(F)ccc2c1c(=O)c(C(=O)O)cn2C1CC1. The van der Waals surface area contributed by atoms with Gasteiger partial charge < -0.3 is 9.67 Å². The molecule has 5 heteroatoms. The average Bonchev–Trinajstić information content (AvgIpc) is 3.17. The third-order valence-corrected chi connectivity index (χ3v) is 3.57. The number of aromatic carboxylic acids is 1. The van der Waals surface area contributed by atoms with Gasteiger partial charge in [-0.25, -0.2) is 9.18 Å². The standard InChI is InChI=1S/C14H12FNO3/c1-7-10(15)4-5-11-12(7)13(17)9(14(18)19)6-16(11)8-2-3-8/h4-6,8H,2-3H2,1H3,(H,18,19). The van der Waals surface area contributed by atoms with Crippen molar-refractivity contribution in [3.63, 3.8) is 0 Å². The number of pyridine rings is 1. The highest BCUT2D eigenvalue weighted by Crippen LogP contribution is 2.37. The Balaban J connectivity index is 2.49. The van der Waals surface area contributed by atoms with Crippen molar-refractivity contribution in [1.82, 2.24) is 4.57 Å². The van der Waals surface area contributed by atoms with E-state index in [1.807, 2.05) is 0 Å². The van der Waals surface area contributed by atoms with E-state index < -0.39 is 17.2 Å². The maximum atomic E-state index is 13.6. The molecule has 1 heterocycles. The molecule has 0 unspecified atom stereocenters. The Kier molecular flexibility index (Phi) is 2.45. The fourth-order valence-electron chi connectivity index (χ4n) is 2.38. The lowest BCUT2D eigenvalue weighted by molar-refractivity contribution is 0.0695. The lowest BCUT2D eigenvalue weighted by Crippen LogP contribution is -2.19. The van der Waals surface area contributed by atoms with Crippen LogP contribution in [0.2, 0.25) is 0 Å². The van der Waals surface area contributed by atoms with E-state index >= 15 is 0 Å². The van der Waals surface area contributed by atoms with Crippen LogP contribution in [0.15, 0.2) is 23.1 Å². The van der Waals surface area contributed by atoms with Crippen molar-refractivity contribution in [1.29, 1.82) is 0 Å². The van der Waals surface area contributed by atoms with Gasteiger partial charge >= 0.3 is 5.97 Å². The molecule has 1 aliphatic rings. The van der Waals surface area contributed by atoms with Crippen LogP contribution < -0.4 is 5.43 Å². The zero-order valence-electron chi connectivity index (χ0n) is 10.3. The fraction of sp³-hybridized carbons (Fsp3) is 0.286. The van der Waals surface area contributed by atoms with Gasteiger partial charge in [-0.15, -0.1) is 0 Å². The maximum Gasteiger partial charge on any atom is 0.341 e. The maximum absolute atomic E-state index is 13.6. The number of aromatic nitrogens is 1. The number of carbonyl (C=O) groups is 1. The Morgan fingerprint density at radius 2 is 2.11 bits per heavy atom. The summed E-state index contributed by atoms with van der Waals surface area (Å²) >= 11 is 0. The average molecular weight is 261 g/mol. The summed E-state index contributed by atoms with van der Waals surface area (Å²) in [6.45, 7) is 1.50. The third-order valence-electron chi connectivity index (χ3n) is 3.57. The molecular formula is C14H12FNO3. The number of hydrogen-bond donors (Lipinski definition) is 1. The Bertz CT molecular complexity index is 759. The van der Waals surface area contributed by atoms with E-state index in [1.54, 1.807) is 10.6 Å². The minimum Gasteiger partial charge on any atom is -0.477 e. The summed E-state index contributed by atoms with van der Waals surface area (Å²) in [7, 11) is 0. The lowest BCUT2D eigenvalue weighted by atomic mass is 10.1. The smallest absolute Gasteiger partial charge is 0.341 e. The number of carboxylic acids is 1. The van der Waals surface area contributed by atoms with Crippen LogP contribution in [-0.2, 0) is 0 Å². The van der Waals surface area contributed by atoms with Crippen LogP contribution in [0.5, 0.6) is 0 Å². The van der Waals surface area contributed by atoms with Crippen molar-refractivity contribution >= 4 is 16.9 Å². The number of fused-ring (bicyclic) bond motifs is 1. The van der Waals surface area contributed by atoms with E-state index in [9.17, 15) is 14.0 Å². The van der Waals surface area contributed by atoms with Crippen molar-refractivity contribution in [2.75, 3.05) is 0 Å². The first-order valence-corrected chi connectivity index (χ1v) is 6.08. The molecule has 4 nitrogen and oxygen atoms in total. The van der Waals surface area contributed by atoms with E-state index in [2.05, 4.69) is 0 Å². The minimum atomic E-state index is -1.27. The molecule has 0 radical (unpaired) electrons. The molecule has 2 aromatic rings. The van der Waals surface area contributed by atoms with Crippen molar-refractivity contribution in [2.24, 2.45) is 0 Å². The van der Waals surface area contributed by atoms with Crippen LogP contribution in [0.1, 0.15) is 34.8 Å². The predicted octanol–water partition coefficient (Wildman–Crippen LogP) is 2.48. The third kappa shape index (κ3) is 1.73. The van der Waals surface area contributed by atoms with Gasteiger partial charge in [0.15, 0.2) is 0 Å². The molecule has 0 spiro atoms. The molecular weight excluding hydrogens is 249 g/mol. The van der Waals surface area contributed by atoms with E-state index in [-0.39, 0.29) is 22.6 Å². The summed E-state index contributed by atoms with van der Waals surface area (Å²) in [6, 6.07) is 3.07. The largest absolute Gasteiger partial charge is 0.477 e. The first-order chi connectivity index (χ1) is 9.00. The van der Waals surface area contributed by atoms with Gasteiger partial charge in [-0.3, -0.25) is 4.79 Å². The molecule has 1 aliphatic carbocycles. The van der Waals surface area contributed by atoms with E-state index in [4.69, 9.17) is 5.11 Å². The first kappa shape index (κ1) is 11.9. The molecule has 0 bridgehead atoms. The summed E-state index contributed by atoms with van der Waals surface area (Å²) in [5.74, 6) is -1.76. The molecule has 1 aromatic carbocycles. The van der Waals surface area contributed by atoms with Crippen LogP contribution in [-0.4, -0.2) is 15.6 Å². The molecule has 19 heavy (non-hydrogen) atoms. The molecule has 3 rings (SSSR count). The van der Waals surface area contributed by atoms with Gasteiger partial charge in [-0.1, -0.05) is 0 Å². The van der Waals surface area contributed by atoms with Crippen LogP contribution in [0.3, 0.4) is 0 Å². The number of benzene rings is 1. The summed E-state index contributed by atoms with van der Waals surface area (Å²) in [6.07, 6.45) is 3.28. The van der Waals surface area contributed by atoms with Crippen LogP contribution in [0.4, 0.5) is 4.39 Å². The van der Waals surface area contributed by atoms with Crippen molar-refractivity contribution in [2.45, 2.75) is 25.8 Å². The van der Waals surface area contributed by atoms with E-state index in [0.717, 1.165) is 12.8 Å². The molecule has 1 fully saturated rings. The van der Waals surface area contributed by atoms with Crippen molar-refractivity contribution < 1.29 is 14.3 Å². The number of nitrogens with zero attached hydrogens (tertiary/aromatic N) is 1. The summed E-state index contributed by atoms with van der Waals surface area (Å²) < 4.78 is 15.4. The van der Waals surface area contributed by atoms with Gasteiger partial charge in [0, 0.05) is 12.2 Å². The minimum absolute atomic E-state index is 0.173. The summed E-state index contributed by atoms with van der Waals surface area (Å²) in [4.78, 5) is 23.3. The normalized spacial score (nSPS) is 14.8. The van der Waals surface area contributed by atoms with Gasteiger partial charge in [0.05, 0.1) is 10.9 Å². The molecule has 0 atom stereocenters. The number of carboxylic acid groups (broad SMARTS) is 1. The number of hydrogen-bond acceptors (Lipinski definition) is 2. The summed E-state index contributed by atoms with van der Waals surface area (Å²) in [5.41, 5.74) is -0.0964. The van der Waals surface area contributed by atoms with Crippen LogP contribution in [0, 0.1) is 12.7 Å². The Labute approximate surface area is 108 Å². The van der Waals surface area contributed by atoms with Crippen LogP contribution in [0.25, 0.3) is 10.9 Å². The highest BCUT2D eigenvalue weighted by Gasteiger charge is 2.27. The van der Waals surface area contributed by atoms with Crippen molar-refractivity contribution in [3.05, 3.63) is 45.5 Å². The molecule has 98 valence electrons. The monoisotopic (exact) mass is 261 g/mol. The first-order valence-electron chi connectivity index (χ1n) is 6.08. The zero-order chi connectivity index (χ0) is 13.7. The quantitative estimate of drug-likeness (QED) is 0.903. The second-order valence-corrected chi connectivity index (χ2v) is 4.88. The second-order valence-electron chi connectivity index (χ2n) is 4.88. The molecule has 1 aromatic heterocycles. The van der Waals surface area contributed by atoms with Gasteiger partial charge in [0.2, 0.25) is 5.43 Å². The Hall–Kier alpha value is -2.17. The Morgan fingerprint density at radius 3 is 2.68 bits per heavy atom. The van der Waals surface area contributed by atoms with Gasteiger partial charge in [-0.05, 0) is 37.5 Å². The Morgan fingerprint density at radius 1 is 1.42 bits per heavy atom. The zero-order valence-corrected chi connectivity index (χ0v) is 10.3. The van der Waals surface area contributed by atoms with Gasteiger partial charge in [0.1, 0.15) is 11.4 Å². The molecule has 1 N–H and O–H groups in total. The molecule has 0 saturated heterocycles. The lowest BCUT2D eigenvalue weighted by Gasteiger charge is -2.13.